The first kappa shape index (κ1) is 19.4. The Labute approximate surface area is 168 Å². The Balaban J connectivity index is 1.94. The van der Waals surface area contributed by atoms with Crippen LogP contribution in [0.5, 0.6) is 0 Å². The van der Waals surface area contributed by atoms with Gasteiger partial charge in [-0.15, -0.1) is 0 Å². The maximum Gasteiger partial charge on any atom is 0.250 e. The minimum Gasteiger partial charge on any atom is -0.392 e. The minimum absolute atomic E-state index is 0.276. The molecular formula is C20H24ClN3O4. The number of aliphatic hydroxyl groups excluding tert-OH is 1. The molecule has 0 saturated carbocycles. The third-order valence-electron chi connectivity index (χ3n) is 6.44. The summed E-state index contributed by atoms with van der Waals surface area (Å²) in [6, 6.07) is 2.57. The van der Waals surface area contributed by atoms with Gasteiger partial charge in [0.15, 0.2) is 0 Å². The molecule has 6 unspecified atom stereocenters. The van der Waals surface area contributed by atoms with Crippen molar-refractivity contribution in [2.45, 2.75) is 57.8 Å². The van der Waals surface area contributed by atoms with Crippen LogP contribution in [-0.2, 0) is 19.9 Å². The summed E-state index contributed by atoms with van der Waals surface area (Å²) in [5.74, 6) is -2.86. The predicted molar refractivity (Wildman–Crippen MR) is 104 cm³/mol. The first-order chi connectivity index (χ1) is 13.1. The van der Waals surface area contributed by atoms with Gasteiger partial charge in [0, 0.05) is 17.6 Å². The number of likely N-dealkylation sites (tertiary alicyclic amines) is 1. The van der Waals surface area contributed by atoms with E-state index in [-0.39, 0.29) is 17.9 Å². The molecule has 0 bridgehead atoms. The molecule has 2 fully saturated rings. The number of hydrogen-bond acceptors (Lipinski definition) is 5. The summed E-state index contributed by atoms with van der Waals surface area (Å²) in [6.07, 6.45) is -0.303. The van der Waals surface area contributed by atoms with Gasteiger partial charge in [-0.2, -0.15) is 0 Å². The van der Waals surface area contributed by atoms with Crippen LogP contribution in [-0.4, -0.2) is 45.9 Å². The van der Waals surface area contributed by atoms with Crippen molar-refractivity contribution in [1.82, 2.24) is 10.2 Å². The average Bonchev–Trinajstić information content (AvgIpc) is 3.21. The summed E-state index contributed by atoms with van der Waals surface area (Å²) in [5.41, 5.74) is 0.436. The van der Waals surface area contributed by atoms with Crippen LogP contribution in [0.1, 0.15) is 38.3 Å². The molecule has 1 spiro atoms. The normalized spacial score (nSPS) is 33.3. The van der Waals surface area contributed by atoms with Gasteiger partial charge in [0.1, 0.15) is 5.54 Å². The Hall–Kier alpha value is -1.96. The van der Waals surface area contributed by atoms with Crippen LogP contribution >= 0.6 is 11.6 Å². The number of aryl methyl sites for hydroxylation is 1. The van der Waals surface area contributed by atoms with Crippen LogP contribution in [0, 0.1) is 18.8 Å². The number of halogens is 1. The second-order valence-electron chi connectivity index (χ2n) is 8.15. The summed E-state index contributed by atoms with van der Waals surface area (Å²) in [6.45, 7) is 7.14. The fourth-order valence-electron chi connectivity index (χ4n) is 4.98. The van der Waals surface area contributed by atoms with E-state index >= 15 is 0 Å². The number of fused-ring (bicyclic) bond motifs is 4. The van der Waals surface area contributed by atoms with E-state index < -0.39 is 35.4 Å². The molecule has 3 aliphatic heterocycles. The molecule has 6 atom stereocenters. The van der Waals surface area contributed by atoms with E-state index in [1.165, 1.54) is 4.90 Å². The smallest absolute Gasteiger partial charge is 0.250 e. The van der Waals surface area contributed by atoms with Gasteiger partial charge in [0.2, 0.25) is 17.7 Å². The largest absolute Gasteiger partial charge is 0.392 e. The second kappa shape index (κ2) is 6.27. The van der Waals surface area contributed by atoms with Crippen LogP contribution in [0.15, 0.2) is 12.1 Å². The molecule has 1 aromatic rings. The molecule has 28 heavy (non-hydrogen) atoms. The highest BCUT2D eigenvalue weighted by Crippen LogP contribution is 2.55. The highest BCUT2D eigenvalue weighted by molar-refractivity contribution is 6.35. The number of nitrogens with one attached hydrogen (secondary N) is 2. The van der Waals surface area contributed by atoms with Gasteiger partial charge in [-0.25, -0.2) is 0 Å². The van der Waals surface area contributed by atoms with Crippen molar-refractivity contribution in [2.75, 3.05) is 5.32 Å². The first-order valence-corrected chi connectivity index (χ1v) is 9.97. The van der Waals surface area contributed by atoms with Gasteiger partial charge in [-0.05, 0) is 38.8 Å². The van der Waals surface area contributed by atoms with E-state index in [0.717, 1.165) is 5.56 Å². The van der Waals surface area contributed by atoms with E-state index in [2.05, 4.69) is 10.6 Å². The number of rotatable bonds is 3. The number of aliphatic hydroxyl groups is 1. The van der Waals surface area contributed by atoms with Crippen LogP contribution in [0.4, 0.5) is 5.69 Å². The van der Waals surface area contributed by atoms with Crippen molar-refractivity contribution >= 4 is 35.0 Å². The average molecular weight is 406 g/mol. The molecule has 4 rings (SSSR count). The molecule has 0 aliphatic carbocycles. The third kappa shape index (κ3) is 2.27. The van der Waals surface area contributed by atoms with Crippen molar-refractivity contribution in [1.29, 1.82) is 0 Å². The Morgan fingerprint density at radius 3 is 2.54 bits per heavy atom. The summed E-state index contributed by atoms with van der Waals surface area (Å²) in [7, 11) is 0. The zero-order chi connectivity index (χ0) is 20.5. The van der Waals surface area contributed by atoms with Gasteiger partial charge in [-0.1, -0.05) is 24.6 Å². The zero-order valence-corrected chi connectivity index (χ0v) is 17.0. The Morgan fingerprint density at radius 2 is 1.93 bits per heavy atom. The Bertz CT molecular complexity index is 902. The van der Waals surface area contributed by atoms with Crippen molar-refractivity contribution < 1.29 is 19.5 Å². The van der Waals surface area contributed by atoms with Crippen LogP contribution in [0.25, 0.3) is 0 Å². The van der Waals surface area contributed by atoms with Gasteiger partial charge >= 0.3 is 0 Å². The highest BCUT2D eigenvalue weighted by atomic mass is 35.5. The quantitative estimate of drug-likeness (QED) is 0.663. The topological polar surface area (TPSA) is 98.7 Å². The van der Waals surface area contributed by atoms with Crippen molar-refractivity contribution in [3.05, 3.63) is 28.3 Å². The zero-order valence-electron chi connectivity index (χ0n) is 16.2. The molecule has 3 N–H and O–H groups in total. The maximum absolute atomic E-state index is 13.4. The first-order valence-electron chi connectivity index (χ1n) is 9.59. The van der Waals surface area contributed by atoms with Crippen molar-refractivity contribution in [2.24, 2.45) is 11.8 Å². The molecule has 150 valence electrons. The number of benzene rings is 1. The monoisotopic (exact) mass is 405 g/mol. The summed E-state index contributed by atoms with van der Waals surface area (Å²) in [5, 5.41) is 16.7. The van der Waals surface area contributed by atoms with E-state index in [0.29, 0.717) is 22.7 Å². The van der Waals surface area contributed by atoms with Crippen molar-refractivity contribution in [3.63, 3.8) is 0 Å². The number of hydrogen-bond donors (Lipinski definition) is 3. The molecule has 0 radical (unpaired) electrons. The Kier molecular flexibility index (Phi) is 4.34. The summed E-state index contributed by atoms with van der Waals surface area (Å²) in [4.78, 5) is 41.1. The molecule has 1 aromatic carbocycles. The Morgan fingerprint density at radius 1 is 1.25 bits per heavy atom. The fraction of sp³-hybridized carbons (Fsp3) is 0.550. The number of carbonyl (C=O) groups excluding carboxylic acids is 3. The molecule has 3 aliphatic rings. The molecule has 2 saturated heterocycles. The summed E-state index contributed by atoms with van der Waals surface area (Å²) >= 11 is 6.36. The van der Waals surface area contributed by atoms with Gasteiger partial charge in [-0.3, -0.25) is 24.6 Å². The van der Waals surface area contributed by atoms with Gasteiger partial charge in [0.05, 0.1) is 28.6 Å². The molecule has 3 heterocycles. The number of anilines is 1. The van der Waals surface area contributed by atoms with Crippen LogP contribution in [0.2, 0.25) is 5.02 Å². The highest BCUT2D eigenvalue weighted by Gasteiger charge is 2.71. The predicted octanol–water partition coefficient (Wildman–Crippen LogP) is 1.55. The molecule has 3 amide bonds. The summed E-state index contributed by atoms with van der Waals surface area (Å²) < 4.78 is 0. The maximum atomic E-state index is 13.4. The minimum atomic E-state index is -1.42. The molecular weight excluding hydrogens is 382 g/mol. The lowest BCUT2D eigenvalue weighted by atomic mass is 9.76. The number of carbonyl (C=O) groups is 3. The van der Waals surface area contributed by atoms with Crippen LogP contribution < -0.4 is 10.6 Å². The standard InChI is InChI=1S/C20H24ClN3O4/c1-5-9(3)24-17(26)13-14(18(24)27)20(23-15(13)10(4)25)11-6-8(2)7-12(21)16(11)22-19(20)28/h6-7,9-10,13-15,23,25H,5H2,1-4H3,(H,22,28). The van der Waals surface area contributed by atoms with Gasteiger partial charge < -0.3 is 10.4 Å². The third-order valence-corrected chi connectivity index (χ3v) is 6.74. The van der Waals surface area contributed by atoms with Gasteiger partial charge in [0.25, 0.3) is 0 Å². The number of imide groups is 1. The molecule has 0 aromatic heterocycles. The van der Waals surface area contributed by atoms with E-state index in [4.69, 9.17) is 11.6 Å². The fourth-order valence-corrected chi connectivity index (χ4v) is 5.30. The molecule has 7 nitrogen and oxygen atoms in total. The number of nitrogens with zero attached hydrogens (tertiary/aromatic N) is 1. The van der Waals surface area contributed by atoms with Crippen molar-refractivity contribution in [3.8, 4) is 0 Å². The number of amides is 3. The second-order valence-corrected chi connectivity index (χ2v) is 8.56. The molecule has 8 heteroatoms. The van der Waals surface area contributed by atoms with Crippen LogP contribution in [0.3, 0.4) is 0 Å². The van der Waals surface area contributed by atoms with E-state index in [1.807, 2.05) is 26.8 Å². The SMILES string of the molecule is CCC(C)N1C(=O)C2C(C(C)O)NC3(C(=O)Nc4c(Cl)cc(C)cc43)C2C1=O. The lowest BCUT2D eigenvalue weighted by molar-refractivity contribution is -0.145. The lowest BCUT2D eigenvalue weighted by Gasteiger charge is -2.31. The van der Waals surface area contributed by atoms with E-state index in [9.17, 15) is 19.5 Å². The van der Waals surface area contributed by atoms with E-state index in [1.54, 1.807) is 13.0 Å². The lowest BCUT2D eigenvalue weighted by Crippen LogP contribution is -2.55.